The quantitative estimate of drug-likeness (QED) is 0.929. The first-order valence-corrected chi connectivity index (χ1v) is 6.38. The molecule has 0 atom stereocenters. The van der Waals surface area contributed by atoms with Crippen molar-refractivity contribution in [2.24, 2.45) is 7.05 Å². The van der Waals surface area contributed by atoms with Gasteiger partial charge in [0.2, 0.25) is 0 Å². The lowest BCUT2D eigenvalue weighted by Gasteiger charge is -2.05. The van der Waals surface area contributed by atoms with Gasteiger partial charge < -0.3 is 5.73 Å². The average Bonchev–Trinajstić information content (AvgIpc) is 2.72. The molecule has 0 saturated heterocycles. The average molecular weight is 268 g/mol. The number of nitrogens with two attached hydrogens (primary N) is 1. The number of anilines is 1. The first-order chi connectivity index (χ1) is 8.47. The van der Waals surface area contributed by atoms with Crippen LogP contribution in [-0.2, 0) is 13.5 Å². The molecule has 0 bridgehead atoms. The third-order valence-corrected chi connectivity index (χ3v) is 3.57. The molecule has 2 N–H and O–H groups in total. The van der Waals surface area contributed by atoms with E-state index in [1.165, 1.54) is 0 Å². The summed E-state index contributed by atoms with van der Waals surface area (Å²) in [6, 6.07) is 0. The summed E-state index contributed by atoms with van der Waals surface area (Å²) < 4.78 is 3.52. The van der Waals surface area contributed by atoms with E-state index >= 15 is 0 Å². The zero-order valence-electron chi connectivity index (χ0n) is 11.2. The second-order valence-electron chi connectivity index (χ2n) is 4.45. The molecule has 0 saturated carbocycles. The van der Waals surface area contributed by atoms with Crippen LogP contribution in [0, 0.1) is 13.8 Å². The van der Waals surface area contributed by atoms with Crippen molar-refractivity contribution >= 4 is 17.3 Å². The molecule has 2 heterocycles. The van der Waals surface area contributed by atoms with E-state index in [9.17, 15) is 0 Å². The normalized spacial score (nSPS) is 11.2. The molecule has 98 valence electrons. The van der Waals surface area contributed by atoms with Crippen LogP contribution in [0.5, 0.6) is 0 Å². The molecule has 6 heteroatoms. The van der Waals surface area contributed by atoms with E-state index in [-0.39, 0.29) is 0 Å². The Morgan fingerprint density at radius 3 is 2.44 bits per heavy atom. The fraction of sp³-hybridized carbons (Fsp3) is 0.500. The molecule has 0 aromatic carbocycles. The van der Waals surface area contributed by atoms with E-state index in [1.807, 2.05) is 20.9 Å². The maximum Gasteiger partial charge on any atom is 0.175 e. The summed E-state index contributed by atoms with van der Waals surface area (Å²) in [5, 5.41) is 9.54. The number of nitrogens with zero attached hydrogens (tertiary/aromatic N) is 4. The van der Waals surface area contributed by atoms with E-state index in [4.69, 9.17) is 17.3 Å². The van der Waals surface area contributed by atoms with Gasteiger partial charge in [-0.05, 0) is 20.3 Å². The van der Waals surface area contributed by atoms with E-state index in [2.05, 4.69) is 17.1 Å². The molecule has 0 spiro atoms. The number of hydrogen-bond acceptors (Lipinski definition) is 3. The monoisotopic (exact) mass is 267 g/mol. The van der Waals surface area contributed by atoms with E-state index < -0.39 is 0 Å². The minimum atomic E-state index is 0.674. The van der Waals surface area contributed by atoms with Gasteiger partial charge in [-0.25, -0.2) is 9.36 Å². The van der Waals surface area contributed by atoms with Gasteiger partial charge in [0.1, 0.15) is 5.69 Å². The second kappa shape index (κ2) is 4.65. The SMILES string of the molecule is CCCc1nn(C)c(-n2nc(C)c(Cl)c2C)c1N. The molecule has 0 aliphatic heterocycles. The van der Waals surface area contributed by atoms with Gasteiger partial charge in [-0.15, -0.1) is 0 Å². The van der Waals surface area contributed by atoms with Crippen LogP contribution in [0.15, 0.2) is 0 Å². The van der Waals surface area contributed by atoms with Gasteiger partial charge in [-0.1, -0.05) is 24.9 Å². The van der Waals surface area contributed by atoms with E-state index in [1.54, 1.807) is 9.36 Å². The minimum absolute atomic E-state index is 0.674. The predicted octanol–water partition coefficient (Wildman–Crippen LogP) is 2.41. The Morgan fingerprint density at radius 1 is 1.28 bits per heavy atom. The van der Waals surface area contributed by atoms with Crippen molar-refractivity contribution in [3.05, 3.63) is 22.1 Å². The van der Waals surface area contributed by atoms with Gasteiger partial charge in [0.05, 0.1) is 22.1 Å². The summed E-state index contributed by atoms with van der Waals surface area (Å²) in [5.41, 5.74) is 9.44. The predicted molar refractivity (Wildman–Crippen MR) is 73.2 cm³/mol. The van der Waals surface area contributed by atoms with Gasteiger partial charge in [0.25, 0.3) is 0 Å². The molecule has 0 aliphatic carbocycles. The lowest BCUT2D eigenvalue weighted by atomic mass is 10.2. The summed E-state index contributed by atoms with van der Waals surface area (Å²) in [7, 11) is 1.87. The molecule has 18 heavy (non-hydrogen) atoms. The standard InChI is InChI=1S/C12H18ClN5/c1-5-6-9-11(14)12(17(4)16-9)18-8(3)10(13)7(2)15-18/h5-6,14H2,1-4H3. The van der Waals surface area contributed by atoms with E-state index in [0.717, 1.165) is 35.7 Å². The van der Waals surface area contributed by atoms with Gasteiger partial charge in [0.15, 0.2) is 5.82 Å². The van der Waals surface area contributed by atoms with Crippen molar-refractivity contribution < 1.29 is 0 Å². The number of nitrogen functional groups attached to an aromatic ring is 1. The smallest absolute Gasteiger partial charge is 0.175 e. The zero-order valence-corrected chi connectivity index (χ0v) is 11.9. The Kier molecular flexibility index (Phi) is 3.34. The Labute approximate surface area is 112 Å². The molecule has 0 unspecified atom stereocenters. The number of rotatable bonds is 3. The molecule has 0 radical (unpaired) electrons. The molecule has 2 aromatic heterocycles. The van der Waals surface area contributed by atoms with Crippen LogP contribution in [0.1, 0.15) is 30.4 Å². The van der Waals surface area contributed by atoms with Crippen LogP contribution in [0.3, 0.4) is 0 Å². The van der Waals surface area contributed by atoms with Crippen LogP contribution in [0.4, 0.5) is 5.69 Å². The summed E-state index contributed by atoms with van der Waals surface area (Å²) in [5.74, 6) is 0.783. The first kappa shape index (κ1) is 13.0. The largest absolute Gasteiger partial charge is 0.394 e. The van der Waals surface area contributed by atoms with Crippen LogP contribution in [0.25, 0.3) is 5.82 Å². The maximum atomic E-state index is 6.17. The number of aryl methyl sites for hydroxylation is 3. The Balaban J connectivity index is 2.60. The Bertz CT molecular complexity index is 582. The molecule has 2 aromatic rings. The molecule has 0 aliphatic rings. The van der Waals surface area contributed by atoms with Crippen molar-refractivity contribution in [3.63, 3.8) is 0 Å². The Hall–Kier alpha value is -1.49. The maximum absolute atomic E-state index is 6.17. The number of hydrogen-bond donors (Lipinski definition) is 1. The fourth-order valence-electron chi connectivity index (χ4n) is 2.09. The summed E-state index contributed by atoms with van der Waals surface area (Å²) in [6.45, 7) is 5.91. The highest BCUT2D eigenvalue weighted by molar-refractivity contribution is 6.31. The Morgan fingerprint density at radius 2 is 1.94 bits per heavy atom. The van der Waals surface area contributed by atoms with Crippen molar-refractivity contribution in [1.29, 1.82) is 0 Å². The third kappa shape index (κ3) is 1.88. The van der Waals surface area contributed by atoms with Crippen molar-refractivity contribution in [2.75, 3.05) is 5.73 Å². The second-order valence-corrected chi connectivity index (χ2v) is 4.83. The first-order valence-electron chi connectivity index (χ1n) is 6.00. The van der Waals surface area contributed by atoms with Gasteiger partial charge in [-0.2, -0.15) is 10.2 Å². The molecule has 5 nitrogen and oxygen atoms in total. The van der Waals surface area contributed by atoms with Gasteiger partial charge in [-0.3, -0.25) is 0 Å². The van der Waals surface area contributed by atoms with E-state index in [0.29, 0.717) is 10.7 Å². The summed E-state index contributed by atoms with van der Waals surface area (Å²) in [6.07, 6.45) is 1.88. The van der Waals surface area contributed by atoms with Crippen LogP contribution >= 0.6 is 11.6 Å². The van der Waals surface area contributed by atoms with Crippen molar-refractivity contribution in [1.82, 2.24) is 19.6 Å². The topological polar surface area (TPSA) is 61.7 Å². The zero-order chi connectivity index (χ0) is 13.4. The summed E-state index contributed by atoms with van der Waals surface area (Å²) >= 11 is 6.17. The molecule has 0 amide bonds. The molecule has 0 fully saturated rings. The molecule has 2 rings (SSSR count). The summed E-state index contributed by atoms with van der Waals surface area (Å²) in [4.78, 5) is 0. The lowest BCUT2D eigenvalue weighted by Crippen LogP contribution is -2.08. The number of aromatic nitrogens is 4. The van der Waals surface area contributed by atoms with Crippen molar-refractivity contribution in [2.45, 2.75) is 33.6 Å². The lowest BCUT2D eigenvalue weighted by molar-refractivity contribution is 0.676. The van der Waals surface area contributed by atoms with Gasteiger partial charge >= 0.3 is 0 Å². The highest BCUT2D eigenvalue weighted by atomic mass is 35.5. The van der Waals surface area contributed by atoms with Crippen LogP contribution < -0.4 is 5.73 Å². The number of halogens is 1. The van der Waals surface area contributed by atoms with Crippen LogP contribution in [-0.4, -0.2) is 19.6 Å². The molecular formula is C12H18ClN5. The third-order valence-electron chi connectivity index (χ3n) is 3.02. The highest BCUT2D eigenvalue weighted by Crippen LogP contribution is 2.27. The fourth-order valence-corrected chi connectivity index (χ4v) is 2.21. The van der Waals surface area contributed by atoms with Crippen molar-refractivity contribution in [3.8, 4) is 5.82 Å². The minimum Gasteiger partial charge on any atom is -0.394 e. The van der Waals surface area contributed by atoms with Crippen LogP contribution in [0.2, 0.25) is 5.02 Å². The molecular weight excluding hydrogens is 250 g/mol. The van der Waals surface area contributed by atoms with Gasteiger partial charge in [0, 0.05) is 7.05 Å². The highest BCUT2D eigenvalue weighted by Gasteiger charge is 2.19.